The topological polar surface area (TPSA) is 114 Å². The molecule has 8 nitrogen and oxygen atoms in total. The van der Waals surface area contributed by atoms with Gasteiger partial charge in [0.1, 0.15) is 18.3 Å². The Balaban J connectivity index is 1.18. The van der Waals surface area contributed by atoms with Crippen LogP contribution in [0.1, 0.15) is 37.2 Å². The van der Waals surface area contributed by atoms with Crippen LogP contribution in [0, 0.1) is 5.92 Å². The van der Waals surface area contributed by atoms with E-state index >= 15 is 0 Å². The Morgan fingerprint density at radius 2 is 1.80 bits per heavy atom. The fourth-order valence-corrected chi connectivity index (χ4v) is 5.83. The number of halogens is 1. The van der Waals surface area contributed by atoms with Gasteiger partial charge in [0.05, 0.1) is 40.9 Å². The Bertz CT molecular complexity index is 1240. The summed E-state index contributed by atoms with van der Waals surface area (Å²) in [7, 11) is 0. The van der Waals surface area contributed by atoms with Crippen molar-refractivity contribution in [3.63, 3.8) is 0 Å². The fraction of sp³-hybridized carbons (Fsp3) is 0.462. The Morgan fingerprint density at radius 3 is 2.54 bits per heavy atom. The smallest absolute Gasteiger partial charge is 0.306 e. The van der Waals surface area contributed by atoms with Crippen molar-refractivity contribution in [1.82, 2.24) is 9.97 Å². The molecule has 4 heterocycles. The number of aromatic amines is 1. The van der Waals surface area contributed by atoms with Crippen LogP contribution in [0.5, 0.6) is 5.88 Å². The molecule has 2 aliphatic heterocycles. The van der Waals surface area contributed by atoms with Gasteiger partial charge >= 0.3 is 5.97 Å². The van der Waals surface area contributed by atoms with Crippen molar-refractivity contribution in [1.29, 1.82) is 0 Å². The summed E-state index contributed by atoms with van der Waals surface area (Å²) >= 11 is 6.59. The SMILES string of the molecule is O=C(O)C1CCC(c2ccc(-c3nc4cc(O[C@@H]5COC6[C@H](O)CO[C@@H]65)[nH]c4cc3Cl)cc2)CC1. The van der Waals surface area contributed by atoms with E-state index in [-0.39, 0.29) is 30.8 Å². The lowest BCUT2D eigenvalue weighted by molar-refractivity contribution is -0.142. The van der Waals surface area contributed by atoms with Gasteiger partial charge in [-0.15, -0.1) is 0 Å². The van der Waals surface area contributed by atoms with E-state index in [0.29, 0.717) is 29.1 Å². The Kier molecular flexibility index (Phi) is 5.92. The zero-order valence-electron chi connectivity index (χ0n) is 19.0. The predicted octanol–water partition coefficient (Wildman–Crippen LogP) is 4.15. The number of carboxylic acids is 1. The summed E-state index contributed by atoms with van der Waals surface area (Å²) in [6.07, 6.45) is 1.68. The zero-order chi connectivity index (χ0) is 24.1. The first kappa shape index (κ1) is 22.8. The van der Waals surface area contributed by atoms with Gasteiger partial charge in [0, 0.05) is 11.6 Å². The summed E-state index contributed by atoms with van der Waals surface area (Å²) < 4.78 is 17.3. The van der Waals surface area contributed by atoms with Crippen LogP contribution >= 0.6 is 11.6 Å². The lowest BCUT2D eigenvalue weighted by Crippen LogP contribution is -2.34. The van der Waals surface area contributed by atoms with Crippen LogP contribution < -0.4 is 4.74 Å². The van der Waals surface area contributed by atoms with Gasteiger partial charge in [-0.05, 0) is 43.2 Å². The molecule has 3 aliphatic rings. The summed E-state index contributed by atoms with van der Waals surface area (Å²) in [5.41, 5.74) is 4.34. The first-order valence-corrected chi connectivity index (χ1v) is 12.4. The maximum atomic E-state index is 11.2. The number of fused-ring (bicyclic) bond motifs is 2. The first-order chi connectivity index (χ1) is 17.0. The molecule has 9 heteroatoms. The summed E-state index contributed by atoms with van der Waals surface area (Å²) in [5, 5.41) is 19.7. The normalized spacial score (nSPS) is 30.5. The van der Waals surface area contributed by atoms with Crippen molar-refractivity contribution in [2.24, 2.45) is 5.92 Å². The molecule has 2 aromatic heterocycles. The minimum absolute atomic E-state index is 0.213. The molecule has 6 rings (SSSR count). The van der Waals surface area contributed by atoms with Gasteiger partial charge in [-0.1, -0.05) is 35.9 Å². The molecule has 0 bridgehead atoms. The van der Waals surface area contributed by atoms with Crippen molar-refractivity contribution >= 4 is 28.6 Å². The molecule has 184 valence electrons. The van der Waals surface area contributed by atoms with Crippen LogP contribution in [0.2, 0.25) is 5.02 Å². The van der Waals surface area contributed by atoms with Crippen molar-refractivity contribution in [2.45, 2.75) is 56.0 Å². The molecule has 1 saturated carbocycles. The summed E-state index contributed by atoms with van der Waals surface area (Å²) in [6.45, 7) is 0.607. The van der Waals surface area contributed by atoms with E-state index in [1.807, 2.05) is 24.3 Å². The van der Waals surface area contributed by atoms with Gasteiger partial charge in [0.15, 0.2) is 12.0 Å². The number of hydrogen-bond acceptors (Lipinski definition) is 6. The number of ether oxygens (including phenoxy) is 3. The van der Waals surface area contributed by atoms with Gasteiger partial charge in [-0.3, -0.25) is 4.79 Å². The van der Waals surface area contributed by atoms with Gasteiger partial charge in [-0.2, -0.15) is 0 Å². The summed E-state index contributed by atoms with van der Waals surface area (Å²) in [6, 6.07) is 11.9. The molecule has 1 unspecified atom stereocenters. The first-order valence-electron chi connectivity index (χ1n) is 12.1. The number of nitrogens with one attached hydrogen (secondary N) is 1. The number of H-pyrrole nitrogens is 1. The molecule has 1 aromatic carbocycles. The average Bonchev–Trinajstić information content (AvgIpc) is 3.55. The van der Waals surface area contributed by atoms with E-state index in [0.717, 1.165) is 42.3 Å². The van der Waals surface area contributed by atoms with E-state index in [9.17, 15) is 15.0 Å². The number of aliphatic carboxylic acids is 1. The number of aliphatic hydroxyl groups is 1. The van der Waals surface area contributed by atoms with Gasteiger partial charge in [0.2, 0.25) is 0 Å². The molecule has 0 amide bonds. The third-order valence-corrected chi connectivity index (χ3v) is 7.81. The summed E-state index contributed by atoms with van der Waals surface area (Å²) in [5.74, 6) is 0.0429. The number of benzene rings is 1. The second kappa shape index (κ2) is 9.09. The van der Waals surface area contributed by atoms with E-state index in [1.54, 1.807) is 0 Å². The van der Waals surface area contributed by atoms with Crippen molar-refractivity contribution < 1.29 is 29.2 Å². The van der Waals surface area contributed by atoms with Crippen LogP contribution in [-0.4, -0.2) is 63.8 Å². The zero-order valence-corrected chi connectivity index (χ0v) is 19.8. The third kappa shape index (κ3) is 4.29. The number of hydrogen-bond donors (Lipinski definition) is 3. The molecule has 2 saturated heterocycles. The number of aromatic nitrogens is 2. The molecule has 3 aromatic rings. The molecule has 35 heavy (non-hydrogen) atoms. The van der Waals surface area contributed by atoms with Crippen LogP contribution in [0.15, 0.2) is 36.4 Å². The van der Waals surface area contributed by atoms with Gasteiger partial charge in [-0.25, -0.2) is 4.98 Å². The van der Waals surface area contributed by atoms with E-state index in [2.05, 4.69) is 17.1 Å². The van der Waals surface area contributed by atoms with Crippen molar-refractivity contribution in [3.8, 4) is 17.1 Å². The lowest BCUT2D eigenvalue weighted by atomic mass is 9.78. The largest absolute Gasteiger partial charge is 0.481 e. The Morgan fingerprint density at radius 1 is 1.06 bits per heavy atom. The predicted molar refractivity (Wildman–Crippen MR) is 129 cm³/mol. The quantitative estimate of drug-likeness (QED) is 0.484. The highest BCUT2D eigenvalue weighted by atomic mass is 35.5. The number of rotatable bonds is 5. The average molecular weight is 499 g/mol. The lowest BCUT2D eigenvalue weighted by Gasteiger charge is -2.26. The molecule has 3 fully saturated rings. The number of pyridine rings is 1. The van der Waals surface area contributed by atoms with Crippen molar-refractivity contribution in [3.05, 3.63) is 47.0 Å². The highest BCUT2D eigenvalue weighted by molar-refractivity contribution is 6.33. The third-order valence-electron chi connectivity index (χ3n) is 7.52. The second-order valence-electron chi connectivity index (χ2n) is 9.71. The van der Waals surface area contributed by atoms with E-state index in [4.69, 9.17) is 30.8 Å². The van der Waals surface area contributed by atoms with E-state index in [1.165, 1.54) is 5.56 Å². The molecule has 4 atom stereocenters. The maximum absolute atomic E-state index is 11.2. The standard InChI is InChI=1S/C26H27ClN2O6/c27-17-9-18-19(10-22(28-18)35-21-12-34-24-20(30)11-33-25(21)24)29-23(17)15-5-1-13(2-6-15)14-3-7-16(8-4-14)26(31)32/h1-2,5-6,9-10,14,16,20-21,24-25,28,30H,3-4,7-8,11-12H2,(H,31,32)/t14?,16?,20-,21-,24?,25-/m1/s1. The number of carboxylic acid groups (broad SMARTS) is 1. The highest BCUT2D eigenvalue weighted by Gasteiger charge is 2.48. The minimum atomic E-state index is -0.681. The monoisotopic (exact) mass is 498 g/mol. The maximum Gasteiger partial charge on any atom is 0.306 e. The van der Waals surface area contributed by atoms with Gasteiger partial charge in [0.25, 0.3) is 0 Å². The molecule has 3 N–H and O–H groups in total. The molecule has 0 spiro atoms. The minimum Gasteiger partial charge on any atom is -0.481 e. The summed E-state index contributed by atoms with van der Waals surface area (Å²) in [4.78, 5) is 19.2. The number of carbonyl (C=O) groups is 1. The highest BCUT2D eigenvalue weighted by Crippen LogP contribution is 2.38. The van der Waals surface area contributed by atoms with Crippen LogP contribution in [-0.2, 0) is 14.3 Å². The molecule has 0 radical (unpaired) electrons. The van der Waals surface area contributed by atoms with Crippen LogP contribution in [0.25, 0.3) is 22.3 Å². The molecule has 1 aliphatic carbocycles. The van der Waals surface area contributed by atoms with Crippen LogP contribution in [0.4, 0.5) is 0 Å². The molecular weight excluding hydrogens is 472 g/mol. The second-order valence-corrected chi connectivity index (χ2v) is 10.1. The van der Waals surface area contributed by atoms with Crippen LogP contribution in [0.3, 0.4) is 0 Å². The Labute approximate surface area is 207 Å². The van der Waals surface area contributed by atoms with Gasteiger partial charge < -0.3 is 29.4 Å². The number of nitrogens with zero attached hydrogens (tertiary/aromatic N) is 1. The molecular formula is C26H27ClN2O6. The van der Waals surface area contributed by atoms with Crippen molar-refractivity contribution in [2.75, 3.05) is 13.2 Å². The van der Waals surface area contributed by atoms with E-state index < -0.39 is 12.1 Å². The Hall–Kier alpha value is -2.65. The fourth-order valence-electron chi connectivity index (χ4n) is 5.57. The number of aliphatic hydroxyl groups excluding tert-OH is 1.